The first-order valence-corrected chi connectivity index (χ1v) is 19.0. The maximum absolute atomic E-state index is 13.8. The summed E-state index contributed by atoms with van der Waals surface area (Å²) in [5.41, 5.74) is 9.03. The molecule has 2 saturated heterocycles. The van der Waals surface area contributed by atoms with Gasteiger partial charge in [-0.3, -0.25) is 0 Å². The first-order valence-electron chi connectivity index (χ1n) is 19.0. The number of carbonyl (C=O) groups excluding carboxylic acids is 1. The molecule has 4 fully saturated rings. The van der Waals surface area contributed by atoms with Crippen LogP contribution in [0, 0.1) is 34.5 Å². The standard InChI is InChI=1S/C37H44N10O9/c38-15-36(27-11-9-21-33(40)42-17-44-46(21)27)31(50)29(48)25(55-36)13-23(19-5-1-2-6-19)53-35(52)54-24(20-7-3-4-8-20)14-26-30(49)32(51)37(16-39,56-26)28-12-10-22-34(41)43-18-45-47(22)28/h9-12,17-20,23-26,29-32,48-51H,1-8,13-14H2,(H2,40,42,44)(H2,41,43,45)/t23?,24?,25-,26-,29-,30-,31-,32-,36+,37+/m1/s1. The topological polar surface area (TPSA) is 295 Å². The lowest BCUT2D eigenvalue weighted by Gasteiger charge is -2.30. The smallest absolute Gasteiger partial charge is 0.431 e. The number of nitrogens with two attached hydrogens (primary N) is 2. The van der Waals surface area contributed by atoms with Gasteiger partial charge < -0.3 is 50.8 Å². The average molecular weight is 773 g/mol. The van der Waals surface area contributed by atoms with Crippen LogP contribution in [-0.2, 0) is 30.1 Å². The third-order valence-electron chi connectivity index (χ3n) is 12.2. The number of aliphatic hydroxyl groups excluding tert-OH is 4. The number of aromatic nitrogens is 6. The van der Waals surface area contributed by atoms with Gasteiger partial charge in [-0.2, -0.15) is 20.7 Å². The van der Waals surface area contributed by atoms with E-state index in [1.807, 2.05) is 12.1 Å². The van der Waals surface area contributed by atoms with Gasteiger partial charge in [0.25, 0.3) is 0 Å². The second-order valence-corrected chi connectivity index (χ2v) is 15.3. The summed E-state index contributed by atoms with van der Waals surface area (Å²) in [6, 6.07) is 10.3. The summed E-state index contributed by atoms with van der Waals surface area (Å²) >= 11 is 0. The highest BCUT2D eigenvalue weighted by Gasteiger charge is 2.59. The lowest BCUT2D eigenvalue weighted by atomic mass is 9.90. The van der Waals surface area contributed by atoms with Crippen molar-refractivity contribution < 1.29 is 44.2 Å². The van der Waals surface area contributed by atoms with E-state index in [0.717, 1.165) is 51.4 Å². The molecule has 2 aliphatic heterocycles. The Morgan fingerprint density at radius 3 is 1.52 bits per heavy atom. The molecule has 0 amide bonds. The van der Waals surface area contributed by atoms with Crippen LogP contribution in [0.15, 0.2) is 36.9 Å². The van der Waals surface area contributed by atoms with E-state index in [0.29, 0.717) is 11.0 Å². The van der Waals surface area contributed by atoms with Gasteiger partial charge in [-0.15, -0.1) is 0 Å². The van der Waals surface area contributed by atoms with Crippen LogP contribution in [0.2, 0.25) is 0 Å². The number of ether oxygens (including phenoxy) is 4. The van der Waals surface area contributed by atoms with Gasteiger partial charge >= 0.3 is 6.16 Å². The average Bonchev–Trinajstić information content (AvgIpc) is 4.06. The number of aliphatic hydroxyl groups is 4. The van der Waals surface area contributed by atoms with Gasteiger partial charge in [-0.1, -0.05) is 25.7 Å². The van der Waals surface area contributed by atoms with Crippen molar-refractivity contribution in [2.24, 2.45) is 11.8 Å². The number of fused-ring (bicyclic) bond motifs is 2. The van der Waals surface area contributed by atoms with Gasteiger partial charge in [-0.25, -0.2) is 23.8 Å². The van der Waals surface area contributed by atoms with Crippen molar-refractivity contribution in [3.05, 3.63) is 48.3 Å². The molecule has 56 heavy (non-hydrogen) atoms. The fourth-order valence-electron chi connectivity index (χ4n) is 9.28. The van der Waals surface area contributed by atoms with Crippen molar-refractivity contribution in [2.45, 2.75) is 124 Å². The number of nitriles is 2. The molecule has 2 saturated carbocycles. The van der Waals surface area contributed by atoms with Crippen molar-refractivity contribution in [1.29, 1.82) is 10.5 Å². The van der Waals surface area contributed by atoms with Gasteiger partial charge in [-0.05, 0) is 61.8 Å². The zero-order chi connectivity index (χ0) is 39.4. The highest BCUT2D eigenvalue weighted by molar-refractivity contribution is 5.67. The van der Waals surface area contributed by atoms with Crippen LogP contribution < -0.4 is 11.5 Å². The zero-order valence-electron chi connectivity index (χ0n) is 30.4. The van der Waals surface area contributed by atoms with E-state index in [1.165, 1.54) is 33.8 Å². The number of hydrogen-bond donors (Lipinski definition) is 6. The second-order valence-electron chi connectivity index (χ2n) is 15.3. The summed E-state index contributed by atoms with van der Waals surface area (Å²) in [7, 11) is 0. The van der Waals surface area contributed by atoms with Gasteiger partial charge in [0, 0.05) is 12.8 Å². The lowest BCUT2D eigenvalue weighted by molar-refractivity contribution is -0.0920. The Balaban J connectivity index is 1.01. The van der Waals surface area contributed by atoms with E-state index >= 15 is 0 Å². The van der Waals surface area contributed by atoms with Crippen LogP contribution in [0.5, 0.6) is 0 Å². The quantitative estimate of drug-likeness (QED) is 0.124. The largest absolute Gasteiger partial charge is 0.508 e. The van der Waals surface area contributed by atoms with Gasteiger partial charge in [0.05, 0.1) is 23.6 Å². The van der Waals surface area contributed by atoms with Crippen molar-refractivity contribution in [1.82, 2.24) is 29.2 Å². The molecule has 10 atom stereocenters. The Labute approximate surface area is 320 Å². The van der Waals surface area contributed by atoms with Crippen molar-refractivity contribution in [3.63, 3.8) is 0 Å². The molecule has 8 N–H and O–H groups in total. The number of anilines is 2. The minimum Gasteiger partial charge on any atom is -0.431 e. The number of rotatable bonds is 10. The Morgan fingerprint density at radius 2 is 1.14 bits per heavy atom. The molecule has 2 aliphatic carbocycles. The predicted octanol–water partition coefficient (Wildman–Crippen LogP) is 1.37. The minimum atomic E-state index is -2.02. The van der Waals surface area contributed by atoms with Crippen molar-refractivity contribution in [3.8, 4) is 12.1 Å². The summed E-state index contributed by atoms with van der Waals surface area (Å²) in [6.07, 6.45) is -2.39. The molecule has 296 valence electrons. The summed E-state index contributed by atoms with van der Waals surface area (Å²) in [5, 5.41) is 74.5. The molecular formula is C37H44N10O9. The molecule has 0 bridgehead atoms. The molecule has 0 aromatic carbocycles. The maximum atomic E-state index is 13.8. The predicted molar refractivity (Wildman–Crippen MR) is 191 cm³/mol. The van der Waals surface area contributed by atoms with Gasteiger partial charge in [0.2, 0.25) is 11.2 Å². The highest BCUT2D eigenvalue weighted by Crippen LogP contribution is 2.45. The Bertz CT molecular complexity index is 2020. The molecule has 8 rings (SSSR count). The maximum Gasteiger partial charge on any atom is 0.508 e. The lowest BCUT2D eigenvalue weighted by Crippen LogP contribution is -2.41. The molecule has 19 heteroatoms. The summed E-state index contributed by atoms with van der Waals surface area (Å²) in [4.78, 5) is 21.7. The van der Waals surface area contributed by atoms with E-state index < -0.39 is 66.2 Å². The SMILES string of the molecule is N#C[C@@]1(c2ccc3c(N)ncnn23)O[C@H](CC(OC(=O)OC(C[C@H]2O[C@@](C#N)(c3ccc4c(N)ncnn34)[C@H](O)[C@@H]2O)C2CCCC2)C2CCCC2)[C@@H](O)[C@H]1O. The van der Waals surface area contributed by atoms with Crippen molar-refractivity contribution in [2.75, 3.05) is 11.5 Å². The molecule has 4 aromatic heterocycles. The van der Waals surface area contributed by atoms with Crippen LogP contribution in [0.4, 0.5) is 16.4 Å². The Morgan fingerprint density at radius 1 is 0.750 bits per heavy atom. The molecule has 6 heterocycles. The second kappa shape index (κ2) is 14.7. The number of nitrogens with zero attached hydrogens (tertiary/aromatic N) is 8. The third kappa shape index (κ3) is 6.15. The van der Waals surface area contributed by atoms with Crippen molar-refractivity contribution >= 4 is 28.8 Å². The van der Waals surface area contributed by atoms with E-state index in [9.17, 15) is 35.7 Å². The monoisotopic (exact) mass is 772 g/mol. The summed E-state index contributed by atoms with van der Waals surface area (Å²) in [5.74, 6) is 0.0800. The van der Waals surface area contributed by atoms with Crippen LogP contribution in [0.1, 0.15) is 75.6 Å². The van der Waals surface area contributed by atoms with E-state index in [1.54, 1.807) is 12.1 Å². The molecule has 0 radical (unpaired) electrons. The zero-order valence-corrected chi connectivity index (χ0v) is 30.4. The van der Waals surface area contributed by atoms with E-state index in [4.69, 9.17) is 30.4 Å². The molecule has 19 nitrogen and oxygen atoms in total. The highest BCUT2D eigenvalue weighted by atomic mass is 16.7. The van der Waals surface area contributed by atoms with Crippen LogP contribution in [0.3, 0.4) is 0 Å². The van der Waals surface area contributed by atoms with E-state index in [2.05, 4.69) is 20.2 Å². The minimum absolute atomic E-state index is 0.0450. The molecule has 0 spiro atoms. The molecular weight excluding hydrogens is 728 g/mol. The molecule has 4 aliphatic rings. The van der Waals surface area contributed by atoms with Gasteiger partial charge in [0.15, 0.2) is 11.6 Å². The number of nitrogen functional groups attached to an aromatic ring is 2. The first-order chi connectivity index (χ1) is 27.0. The fraction of sp³-hybridized carbons (Fsp3) is 0.595. The number of hydrogen-bond acceptors (Lipinski definition) is 17. The van der Waals surface area contributed by atoms with Crippen LogP contribution in [-0.4, -0.2) is 105 Å². The van der Waals surface area contributed by atoms with Crippen LogP contribution >= 0.6 is 0 Å². The fourth-order valence-corrected chi connectivity index (χ4v) is 9.28. The first kappa shape index (κ1) is 37.8. The molecule has 2 unspecified atom stereocenters. The normalized spacial score (nSPS) is 32.1. The van der Waals surface area contributed by atoms with Gasteiger partial charge in [0.1, 0.15) is 72.5 Å². The number of carbonyl (C=O) groups is 1. The third-order valence-corrected chi connectivity index (χ3v) is 12.2. The summed E-state index contributed by atoms with van der Waals surface area (Å²) in [6.45, 7) is 0. The molecule has 4 aromatic rings. The van der Waals surface area contributed by atoms with Crippen LogP contribution in [0.25, 0.3) is 11.0 Å². The van der Waals surface area contributed by atoms with E-state index in [-0.39, 0.29) is 47.7 Å². The Hall–Kier alpha value is -5.15. The summed E-state index contributed by atoms with van der Waals surface area (Å²) < 4.78 is 27.2. The Kier molecular flexibility index (Phi) is 9.94.